The van der Waals surface area contributed by atoms with Gasteiger partial charge in [0.1, 0.15) is 18.6 Å². The first-order chi connectivity index (χ1) is 9.95. The second-order valence-electron chi connectivity index (χ2n) is 4.27. The summed E-state index contributed by atoms with van der Waals surface area (Å²) >= 11 is 0. The van der Waals surface area contributed by atoms with E-state index in [1.807, 2.05) is 0 Å². The van der Waals surface area contributed by atoms with Gasteiger partial charge >= 0.3 is 6.18 Å². The number of halogens is 4. The molecule has 0 aromatic carbocycles. The lowest BCUT2D eigenvalue weighted by atomic mass is 10.1. The highest BCUT2D eigenvalue weighted by atomic mass is 35.5. The zero-order chi connectivity index (χ0) is 15.3. The Kier molecular flexibility index (Phi) is 6.51. The van der Waals surface area contributed by atoms with E-state index in [-0.39, 0.29) is 31.3 Å². The molecule has 0 radical (unpaired) electrons. The quantitative estimate of drug-likeness (QED) is 0.908. The van der Waals surface area contributed by atoms with Crippen molar-refractivity contribution in [1.29, 1.82) is 0 Å². The Hall–Kier alpha value is -1.93. The summed E-state index contributed by atoms with van der Waals surface area (Å²) in [5, 5.41) is 9.76. The van der Waals surface area contributed by atoms with Crippen LogP contribution in [0.25, 0.3) is 0 Å². The number of aromatic nitrogens is 3. The molecule has 0 saturated carbocycles. The molecular formula is C13H13ClF3N3O2. The van der Waals surface area contributed by atoms with Crippen LogP contribution in [-0.4, -0.2) is 32.8 Å². The van der Waals surface area contributed by atoms with Crippen molar-refractivity contribution in [3.05, 3.63) is 48.2 Å². The molecule has 0 fully saturated rings. The van der Waals surface area contributed by atoms with Crippen LogP contribution in [-0.2, 0) is 12.6 Å². The Bertz CT molecular complexity index is 584. The smallest absolute Gasteiger partial charge is 0.433 e. The molecule has 0 aliphatic carbocycles. The summed E-state index contributed by atoms with van der Waals surface area (Å²) in [7, 11) is 0. The highest BCUT2D eigenvalue weighted by molar-refractivity contribution is 5.85. The molecule has 0 bridgehead atoms. The topological polar surface area (TPSA) is 68.1 Å². The molecule has 120 valence electrons. The zero-order valence-corrected chi connectivity index (χ0v) is 12.0. The number of alkyl halides is 3. The highest BCUT2D eigenvalue weighted by Gasteiger charge is 2.32. The van der Waals surface area contributed by atoms with Crippen LogP contribution in [0.3, 0.4) is 0 Å². The summed E-state index contributed by atoms with van der Waals surface area (Å²) in [5.41, 5.74) is -0.337. The summed E-state index contributed by atoms with van der Waals surface area (Å²) in [6.07, 6.45) is -0.748. The second-order valence-corrected chi connectivity index (χ2v) is 4.27. The third-order valence-electron chi connectivity index (χ3n) is 2.52. The lowest BCUT2D eigenvalue weighted by Crippen LogP contribution is -2.21. The predicted molar refractivity (Wildman–Crippen MR) is 73.7 cm³/mol. The fourth-order valence-electron chi connectivity index (χ4n) is 1.60. The molecule has 0 saturated heterocycles. The summed E-state index contributed by atoms with van der Waals surface area (Å²) in [5.74, 6) is -0.187. The fourth-order valence-corrected chi connectivity index (χ4v) is 1.60. The SMILES string of the molecule is Cl.OC(COc1cccc(C(F)(F)F)n1)Cc1cncnc1. The molecule has 0 spiro atoms. The van der Waals surface area contributed by atoms with Crippen LogP contribution < -0.4 is 4.74 Å². The molecular weight excluding hydrogens is 323 g/mol. The van der Waals surface area contributed by atoms with E-state index >= 15 is 0 Å². The van der Waals surface area contributed by atoms with Gasteiger partial charge in [0.2, 0.25) is 5.88 Å². The van der Waals surface area contributed by atoms with Crippen molar-refractivity contribution in [1.82, 2.24) is 15.0 Å². The summed E-state index contributed by atoms with van der Waals surface area (Å²) < 4.78 is 42.5. The van der Waals surface area contributed by atoms with Crippen molar-refractivity contribution in [3.63, 3.8) is 0 Å². The second kappa shape index (κ2) is 7.90. The van der Waals surface area contributed by atoms with Crippen LogP contribution in [0.2, 0.25) is 0 Å². The zero-order valence-electron chi connectivity index (χ0n) is 11.2. The minimum atomic E-state index is -4.53. The third kappa shape index (κ3) is 5.45. The molecule has 9 heteroatoms. The molecule has 2 aromatic heterocycles. The van der Waals surface area contributed by atoms with Crippen molar-refractivity contribution in [3.8, 4) is 5.88 Å². The molecule has 0 aliphatic heterocycles. The van der Waals surface area contributed by atoms with E-state index in [0.717, 1.165) is 6.07 Å². The van der Waals surface area contributed by atoms with E-state index in [2.05, 4.69) is 15.0 Å². The monoisotopic (exact) mass is 335 g/mol. The van der Waals surface area contributed by atoms with Crippen molar-refractivity contribution < 1.29 is 23.0 Å². The van der Waals surface area contributed by atoms with E-state index < -0.39 is 18.0 Å². The van der Waals surface area contributed by atoms with E-state index in [4.69, 9.17) is 4.74 Å². The van der Waals surface area contributed by atoms with Gasteiger partial charge in [-0.15, -0.1) is 12.4 Å². The highest BCUT2D eigenvalue weighted by Crippen LogP contribution is 2.28. The maximum absolute atomic E-state index is 12.5. The number of hydrogen-bond acceptors (Lipinski definition) is 5. The van der Waals surface area contributed by atoms with Crippen LogP contribution in [0.15, 0.2) is 36.9 Å². The van der Waals surface area contributed by atoms with Crippen molar-refractivity contribution >= 4 is 12.4 Å². The number of hydrogen-bond donors (Lipinski definition) is 1. The summed E-state index contributed by atoms with van der Waals surface area (Å²) in [4.78, 5) is 10.9. The van der Waals surface area contributed by atoms with Gasteiger partial charge in [-0.3, -0.25) is 0 Å². The van der Waals surface area contributed by atoms with E-state index in [1.165, 1.54) is 18.5 Å². The van der Waals surface area contributed by atoms with Gasteiger partial charge in [0.15, 0.2) is 0 Å². The largest absolute Gasteiger partial charge is 0.475 e. The average Bonchev–Trinajstić information content (AvgIpc) is 2.46. The normalized spacial score (nSPS) is 12.4. The molecule has 22 heavy (non-hydrogen) atoms. The number of rotatable bonds is 5. The fraction of sp³-hybridized carbons (Fsp3) is 0.308. The molecule has 1 unspecified atom stereocenters. The van der Waals surface area contributed by atoms with Crippen LogP contribution in [0.4, 0.5) is 13.2 Å². The lowest BCUT2D eigenvalue weighted by Gasteiger charge is -2.12. The van der Waals surface area contributed by atoms with Gasteiger partial charge < -0.3 is 9.84 Å². The number of aliphatic hydroxyl groups is 1. The summed E-state index contributed by atoms with van der Waals surface area (Å²) in [6, 6.07) is 3.35. The van der Waals surface area contributed by atoms with Crippen LogP contribution in [0.1, 0.15) is 11.3 Å². The summed E-state index contributed by atoms with van der Waals surface area (Å²) in [6.45, 7) is -0.177. The molecule has 1 atom stereocenters. The number of pyridine rings is 1. The van der Waals surface area contributed by atoms with Gasteiger partial charge in [0, 0.05) is 24.9 Å². The van der Waals surface area contributed by atoms with Gasteiger partial charge in [0.25, 0.3) is 0 Å². The average molecular weight is 336 g/mol. The predicted octanol–water partition coefficient (Wildman–Crippen LogP) is 2.29. The van der Waals surface area contributed by atoms with Crippen molar-refractivity contribution in [2.45, 2.75) is 18.7 Å². The molecule has 0 amide bonds. The lowest BCUT2D eigenvalue weighted by molar-refractivity contribution is -0.141. The minimum Gasteiger partial charge on any atom is -0.475 e. The van der Waals surface area contributed by atoms with E-state index in [1.54, 1.807) is 12.4 Å². The van der Waals surface area contributed by atoms with Gasteiger partial charge in [-0.1, -0.05) is 6.07 Å². The Morgan fingerprint density at radius 1 is 1.18 bits per heavy atom. The number of nitrogens with zero attached hydrogens (tertiary/aromatic N) is 3. The van der Waals surface area contributed by atoms with Crippen LogP contribution in [0, 0.1) is 0 Å². The van der Waals surface area contributed by atoms with Crippen molar-refractivity contribution in [2.75, 3.05) is 6.61 Å². The van der Waals surface area contributed by atoms with Crippen LogP contribution >= 0.6 is 12.4 Å². The molecule has 2 rings (SSSR count). The first-order valence-electron chi connectivity index (χ1n) is 6.04. The maximum atomic E-state index is 12.5. The minimum absolute atomic E-state index is 0. The Morgan fingerprint density at radius 3 is 2.50 bits per heavy atom. The molecule has 2 heterocycles. The van der Waals surface area contributed by atoms with E-state index in [9.17, 15) is 18.3 Å². The molecule has 2 aromatic rings. The number of ether oxygens (including phenoxy) is 1. The first-order valence-corrected chi connectivity index (χ1v) is 6.04. The van der Waals surface area contributed by atoms with Gasteiger partial charge in [-0.05, 0) is 11.6 Å². The van der Waals surface area contributed by atoms with Crippen molar-refractivity contribution in [2.24, 2.45) is 0 Å². The first kappa shape index (κ1) is 18.1. The Labute approximate surface area is 130 Å². The van der Waals surface area contributed by atoms with E-state index in [0.29, 0.717) is 5.56 Å². The maximum Gasteiger partial charge on any atom is 0.433 e. The Balaban J connectivity index is 0.00000242. The van der Waals surface area contributed by atoms with Gasteiger partial charge in [-0.2, -0.15) is 13.2 Å². The van der Waals surface area contributed by atoms with Crippen LogP contribution in [0.5, 0.6) is 5.88 Å². The Morgan fingerprint density at radius 2 is 1.86 bits per heavy atom. The molecule has 1 N–H and O–H groups in total. The molecule has 5 nitrogen and oxygen atoms in total. The number of aliphatic hydroxyl groups excluding tert-OH is 1. The van der Waals surface area contributed by atoms with Gasteiger partial charge in [-0.25, -0.2) is 15.0 Å². The standard InChI is InChI=1S/C13H12F3N3O2.ClH/c14-13(15,16)11-2-1-3-12(19-11)21-7-10(20)4-9-5-17-8-18-6-9;/h1-3,5-6,8,10,20H,4,7H2;1H. The van der Waals surface area contributed by atoms with Gasteiger partial charge in [0.05, 0.1) is 6.10 Å². The third-order valence-corrected chi connectivity index (χ3v) is 2.52. The molecule has 0 aliphatic rings.